The Bertz CT molecular complexity index is 938. The lowest BCUT2D eigenvalue weighted by atomic mass is 9.85. The maximum absolute atomic E-state index is 14.0. The summed E-state index contributed by atoms with van der Waals surface area (Å²) in [5, 5.41) is 2.84. The van der Waals surface area contributed by atoms with Gasteiger partial charge in [0.15, 0.2) is 17.5 Å². The molecule has 2 amide bonds. The normalized spacial score (nSPS) is 17.1. The van der Waals surface area contributed by atoms with Gasteiger partial charge in [-0.25, -0.2) is 13.2 Å². The van der Waals surface area contributed by atoms with Crippen LogP contribution in [0.4, 0.5) is 24.5 Å². The average molecular weight is 390 g/mol. The molecular weight excluding hydrogens is 369 g/mol. The molecule has 1 aliphatic rings. The van der Waals surface area contributed by atoms with Gasteiger partial charge in [-0.05, 0) is 29.2 Å². The van der Waals surface area contributed by atoms with Gasteiger partial charge in [-0.3, -0.25) is 9.59 Å². The van der Waals surface area contributed by atoms with Crippen LogP contribution in [0.5, 0.6) is 0 Å². The van der Waals surface area contributed by atoms with Crippen molar-refractivity contribution in [1.29, 1.82) is 0 Å². The lowest BCUT2D eigenvalue weighted by Crippen LogP contribution is -2.29. The predicted octanol–water partition coefficient (Wildman–Crippen LogP) is 4.39. The number of amides is 2. The lowest BCUT2D eigenvalue weighted by molar-refractivity contribution is -0.122. The van der Waals surface area contributed by atoms with Crippen molar-refractivity contribution in [3.05, 3.63) is 59.4 Å². The molecule has 1 N–H and O–H groups in total. The third-order valence-corrected chi connectivity index (χ3v) is 4.79. The van der Waals surface area contributed by atoms with E-state index in [1.165, 1.54) is 0 Å². The van der Waals surface area contributed by atoms with Crippen LogP contribution >= 0.6 is 0 Å². The highest BCUT2D eigenvalue weighted by Crippen LogP contribution is 2.32. The lowest BCUT2D eigenvalue weighted by Gasteiger charge is -2.23. The second-order valence-corrected chi connectivity index (χ2v) is 7.88. The first-order valence-electron chi connectivity index (χ1n) is 8.94. The summed E-state index contributed by atoms with van der Waals surface area (Å²) >= 11 is 0. The van der Waals surface area contributed by atoms with Gasteiger partial charge in [-0.2, -0.15) is 0 Å². The van der Waals surface area contributed by atoms with E-state index >= 15 is 0 Å². The number of carbonyl (C=O) groups is 2. The molecule has 0 bridgehead atoms. The number of carbonyl (C=O) groups excluding carboxylic acids is 2. The number of hydrogen-bond acceptors (Lipinski definition) is 2. The van der Waals surface area contributed by atoms with Crippen molar-refractivity contribution in [3.8, 4) is 0 Å². The topological polar surface area (TPSA) is 49.4 Å². The van der Waals surface area contributed by atoms with E-state index in [-0.39, 0.29) is 30.0 Å². The molecule has 28 heavy (non-hydrogen) atoms. The van der Waals surface area contributed by atoms with Gasteiger partial charge in [0.25, 0.3) is 0 Å². The third kappa shape index (κ3) is 3.74. The van der Waals surface area contributed by atoms with Crippen molar-refractivity contribution in [2.75, 3.05) is 16.8 Å². The minimum atomic E-state index is -1.64. The molecule has 1 fully saturated rings. The monoisotopic (exact) mass is 390 g/mol. The molecule has 0 aromatic heterocycles. The van der Waals surface area contributed by atoms with Crippen LogP contribution < -0.4 is 10.2 Å². The molecule has 1 aliphatic heterocycles. The Morgan fingerprint density at radius 3 is 2.43 bits per heavy atom. The fourth-order valence-corrected chi connectivity index (χ4v) is 3.32. The van der Waals surface area contributed by atoms with Gasteiger partial charge < -0.3 is 10.2 Å². The maximum Gasteiger partial charge on any atom is 0.229 e. The average Bonchev–Trinajstić information content (AvgIpc) is 3.01. The van der Waals surface area contributed by atoms with Crippen LogP contribution in [0.1, 0.15) is 32.8 Å². The van der Waals surface area contributed by atoms with E-state index in [4.69, 9.17) is 0 Å². The Kier molecular flexibility index (Phi) is 5.19. The maximum atomic E-state index is 14.0. The largest absolute Gasteiger partial charge is 0.326 e. The van der Waals surface area contributed by atoms with Crippen LogP contribution in [-0.2, 0) is 15.0 Å². The van der Waals surface area contributed by atoms with E-state index in [9.17, 15) is 22.8 Å². The number of halogens is 3. The predicted molar refractivity (Wildman–Crippen MR) is 101 cm³/mol. The van der Waals surface area contributed by atoms with Gasteiger partial charge in [0.2, 0.25) is 11.8 Å². The van der Waals surface area contributed by atoms with Gasteiger partial charge in [-0.15, -0.1) is 0 Å². The zero-order valence-electron chi connectivity index (χ0n) is 15.9. The van der Waals surface area contributed by atoms with Gasteiger partial charge in [0.1, 0.15) is 0 Å². The molecule has 0 saturated carbocycles. The minimum absolute atomic E-state index is 0.107. The molecule has 148 valence electrons. The van der Waals surface area contributed by atoms with Gasteiger partial charge in [0, 0.05) is 18.7 Å². The van der Waals surface area contributed by atoms with E-state index in [1.807, 2.05) is 32.9 Å². The molecule has 3 rings (SSSR count). The molecule has 1 heterocycles. The summed E-state index contributed by atoms with van der Waals surface area (Å²) in [6.45, 7) is 5.95. The summed E-state index contributed by atoms with van der Waals surface area (Å²) in [4.78, 5) is 26.0. The number of rotatable bonds is 3. The standard InChI is InChI=1S/C21H21F3N2O2/c1-21(2,3)13-6-4-5-7-15(13)25-20(28)12-10-17(27)26(11-12)16-9-8-14(22)18(23)19(16)24/h4-9,12H,10-11H2,1-3H3,(H,25,28). The zero-order valence-corrected chi connectivity index (χ0v) is 15.9. The van der Waals surface area contributed by atoms with E-state index in [0.29, 0.717) is 5.69 Å². The van der Waals surface area contributed by atoms with Crippen LogP contribution in [-0.4, -0.2) is 18.4 Å². The fraction of sp³-hybridized carbons (Fsp3) is 0.333. The van der Waals surface area contributed by atoms with Crippen molar-refractivity contribution in [2.24, 2.45) is 5.92 Å². The number of para-hydroxylation sites is 1. The first kappa shape index (κ1) is 19.9. The van der Waals surface area contributed by atoms with Crippen molar-refractivity contribution in [2.45, 2.75) is 32.6 Å². The van der Waals surface area contributed by atoms with Crippen molar-refractivity contribution < 1.29 is 22.8 Å². The third-order valence-electron chi connectivity index (χ3n) is 4.79. The second-order valence-electron chi connectivity index (χ2n) is 7.88. The Morgan fingerprint density at radius 1 is 1.07 bits per heavy atom. The summed E-state index contributed by atoms with van der Waals surface area (Å²) in [5.41, 5.74) is 1.02. The van der Waals surface area contributed by atoms with Crippen molar-refractivity contribution in [3.63, 3.8) is 0 Å². The molecule has 0 radical (unpaired) electrons. The summed E-state index contributed by atoms with van der Waals surface area (Å²) in [6, 6.07) is 9.13. The Hall–Kier alpha value is -2.83. The molecule has 1 atom stereocenters. The van der Waals surface area contributed by atoms with E-state index in [2.05, 4.69) is 5.32 Å². The van der Waals surface area contributed by atoms with E-state index < -0.39 is 29.3 Å². The van der Waals surface area contributed by atoms with Crippen LogP contribution in [0, 0.1) is 23.4 Å². The number of hydrogen-bond donors (Lipinski definition) is 1. The molecule has 2 aromatic rings. The van der Waals surface area contributed by atoms with Crippen LogP contribution in [0.25, 0.3) is 0 Å². The van der Waals surface area contributed by atoms with Crippen LogP contribution in [0.3, 0.4) is 0 Å². The summed E-state index contributed by atoms with van der Waals surface area (Å²) < 4.78 is 40.7. The summed E-state index contributed by atoms with van der Waals surface area (Å²) in [6.07, 6.45) is -0.137. The zero-order chi connectivity index (χ0) is 20.6. The van der Waals surface area contributed by atoms with Gasteiger partial charge in [-0.1, -0.05) is 39.0 Å². The molecule has 0 aliphatic carbocycles. The van der Waals surface area contributed by atoms with E-state index in [1.54, 1.807) is 12.1 Å². The molecule has 0 spiro atoms. The van der Waals surface area contributed by atoms with Crippen molar-refractivity contribution >= 4 is 23.2 Å². The second kappa shape index (κ2) is 7.30. The highest BCUT2D eigenvalue weighted by molar-refractivity contribution is 6.03. The first-order chi connectivity index (χ1) is 13.1. The van der Waals surface area contributed by atoms with Crippen molar-refractivity contribution in [1.82, 2.24) is 0 Å². The fourth-order valence-electron chi connectivity index (χ4n) is 3.32. The number of nitrogens with one attached hydrogen (secondary N) is 1. The number of nitrogens with zero attached hydrogens (tertiary/aromatic N) is 1. The Labute approximate surface area is 161 Å². The Balaban J connectivity index is 1.80. The SMILES string of the molecule is CC(C)(C)c1ccccc1NC(=O)C1CC(=O)N(c2ccc(F)c(F)c2F)C1. The van der Waals surface area contributed by atoms with Crippen LogP contribution in [0.15, 0.2) is 36.4 Å². The van der Waals surface area contributed by atoms with Crippen LogP contribution in [0.2, 0.25) is 0 Å². The Morgan fingerprint density at radius 2 is 1.75 bits per heavy atom. The highest BCUT2D eigenvalue weighted by atomic mass is 19.2. The number of benzene rings is 2. The van der Waals surface area contributed by atoms with E-state index in [0.717, 1.165) is 22.6 Å². The minimum Gasteiger partial charge on any atom is -0.326 e. The molecule has 2 aromatic carbocycles. The smallest absolute Gasteiger partial charge is 0.229 e. The molecule has 4 nitrogen and oxygen atoms in total. The summed E-state index contributed by atoms with van der Waals surface area (Å²) in [5.74, 6) is -6.04. The molecular formula is C21H21F3N2O2. The molecule has 7 heteroatoms. The molecule has 1 saturated heterocycles. The quantitative estimate of drug-likeness (QED) is 0.790. The highest BCUT2D eigenvalue weighted by Gasteiger charge is 2.37. The van der Waals surface area contributed by atoms with Gasteiger partial charge >= 0.3 is 0 Å². The number of anilines is 2. The first-order valence-corrected chi connectivity index (χ1v) is 8.94. The summed E-state index contributed by atoms with van der Waals surface area (Å²) in [7, 11) is 0. The van der Waals surface area contributed by atoms with Gasteiger partial charge in [0.05, 0.1) is 11.6 Å². The molecule has 1 unspecified atom stereocenters.